The third kappa shape index (κ3) is 2.61. The second-order valence-corrected chi connectivity index (χ2v) is 2.97. The van der Waals surface area contributed by atoms with Gasteiger partial charge in [-0.05, 0) is 13.3 Å². The molecule has 0 aromatic carbocycles. The van der Waals surface area contributed by atoms with E-state index in [1.807, 2.05) is 30.9 Å². The minimum absolute atomic E-state index is 0.870. The first kappa shape index (κ1) is 9.84. The maximum Gasteiger partial charge on any atom is 0.0853 e. The SMILES string of the molecule is C/C=C/CNc1cn(C)nc1CC. The van der Waals surface area contributed by atoms with E-state index in [-0.39, 0.29) is 0 Å². The molecular formula is C10H17N3. The van der Waals surface area contributed by atoms with Gasteiger partial charge >= 0.3 is 0 Å². The van der Waals surface area contributed by atoms with Gasteiger partial charge in [0, 0.05) is 19.8 Å². The highest BCUT2D eigenvalue weighted by atomic mass is 15.3. The topological polar surface area (TPSA) is 29.9 Å². The zero-order valence-electron chi connectivity index (χ0n) is 8.54. The molecule has 1 aromatic heterocycles. The minimum atomic E-state index is 0.870. The zero-order valence-corrected chi connectivity index (χ0v) is 8.54. The lowest BCUT2D eigenvalue weighted by Crippen LogP contribution is -1.99. The molecule has 0 bridgehead atoms. The number of nitrogens with zero attached hydrogens (tertiary/aromatic N) is 2. The summed E-state index contributed by atoms with van der Waals surface area (Å²) in [6, 6.07) is 0. The summed E-state index contributed by atoms with van der Waals surface area (Å²) in [5.41, 5.74) is 2.27. The lowest BCUT2D eigenvalue weighted by Gasteiger charge is -2.00. The summed E-state index contributed by atoms with van der Waals surface area (Å²) >= 11 is 0. The van der Waals surface area contributed by atoms with Crippen molar-refractivity contribution >= 4 is 5.69 Å². The summed E-state index contributed by atoms with van der Waals surface area (Å²) in [7, 11) is 1.94. The van der Waals surface area contributed by atoms with E-state index in [2.05, 4.69) is 23.4 Å². The van der Waals surface area contributed by atoms with Crippen molar-refractivity contribution in [2.45, 2.75) is 20.3 Å². The van der Waals surface area contributed by atoms with Crippen LogP contribution in [0.3, 0.4) is 0 Å². The van der Waals surface area contributed by atoms with Crippen molar-refractivity contribution in [1.29, 1.82) is 0 Å². The number of aryl methyl sites for hydroxylation is 2. The van der Waals surface area contributed by atoms with Gasteiger partial charge in [0.2, 0.25) is 0 Å². The van der Waals surface area contributed by atoms with Crippen LogP contribution in [0.25, 0.3) is 0 Å². The average Bonchev–Trinajstić information content (AvgIpc) is 2.47. The standard InChI is InChI=1S/C10H17N3/c1-4-6-7-11-10-8-13(3)12-9(10)5-2/h4,6,8,11H,5,7H2,1-3H3/b6-4+. The molecule has 0 spiro atoms. The summed E-state index contributed by atoms with van der Waals surface area (Å²) < 4.78 is 1.84. The van der Waals surface area contributed by atoms with Gasteiger partial charge in [-0.3, -0.25) is 4.68 Å². The molecule has 0 amide bonds. The van der Waals surface area contributed by atoms with Crippen LogP contribution in [0.5, 0.6) is 0 Å². The Morgan fingerprint density at radius 1 is 1.62 bits per heavy atom. The Labute approximate surface area is 79.5 Å². The lowest BCUT2D eigenvalue weighted by atomic mass is 10.3. The molecule has 0 aliphatic heterocycles. The van der Waals surface area contributed by atoms with Gasteiger partial charge in [0.05, 0.1) is 11.4 Å². The van der Waals surface area contributed by atoms with Crippen LogP contribution < -0.4 is 5.32 Å². The molecule has 0 saturated carbocycles. The Hall–Kier alpha value is -1.25. The fourth-order valence-corrected chi connectivity index (χ4v) is 1.23. The second-order valence-electron chi connectivity index (χ2n) is 2.97. The summed E-state index contributed by atoms with van der Waals surface area (Å²) in [5.74, 6) is 0. The molecule has 0 fully saturated rings. The number of aromatic nitrogens is 2. The van der Waals surface area contributed by atoms with Crippen LogP contribution >= 0.6 is 0 Å². The number of allylic oxidation sites excluding steroid dienone is 1. The normalized spacial score (nSPS) is 11.0. The zero-order chi connectivity index (χ0) is 9.68. The monoisotopic (exact) mass is 179 g/mol. The van der Waals surface area contributed by atoms with Crippen molar-refractivity contribution < 1.29 is 0 Å². The Morgan fingerprint density at radius 2 is 2.38 bits per heavy atom. The lowest BCUT2D eigenvalue weighted by molar-refractivity contribution is 0.746. The average molecular weight is 179 g/mol. The maximum absolute atomic E-state index is 4.34. The maximum atomic E-state index is 4.34. The summed E-state index contributed by atoms with van der Waals surface area (Å²) in [6.45, 7) is 5.00. The first-order valence-electron chi connectivity index (χ1n) is 4.65. The third-order valence-corrected chi connectivity index (χ3v) is 1.89. The van der Waals surface area contributed by atoms with E-state index < -0.39 is 0 Å². The molecule has 1 aromatic rings. The number of nitrogens with one attached hydrogen (secondary N) is 1. The van der Waals surface area contributed by atoms with Gasteiger partial charge in [-0.25, -0.2) is 0 Å². The first-order chi connectivity index (χ1) is 6.27. The van der Waals surface area contributed by atoms with Gasteiger partial charge in [-0.15, -0.1) is 0 Å². The van der Waals surface area contributed by atoms with E-state index in [4.69, 9.17) is 0 Å². The molecule has 1 N–H and O–H groups in total. The van der Waals surface area contributed by atoms with E-state index in [9.17, 15) is 0 Å². The van der Waals surface area contributed by atoms with Crippen molar-refractivity contribution in [3.05, 3.63) is 24.0 Å². The van der Waals surface area contributed by atoms with Gasteiger partial charge in [0.1, 0.15) is 0 Å². The second kappa shape index (κ2) is 4.70. The molecule has 72 valence electrons. The van der Waals surface area contributed by atoms with E-state index in [0.717, 1.165) is 24.3 Å². The fourth-order valence-electron chi connectivity index (χ4n) is 1.23. The largest absolute Gasteiger partial charge is 0.379 e. The van der Waals surface area contributed by atoms with Crippen LogP contribution in [0.1, 0.15) is 19.5 Å². The van der Waals surface area contributed by atoms with Crippen LogP contribution in [-0.2, 0) is 13.5 Å². The molecular weight excluding hydrogens is 162 g/mol. The van der Waals surface area contributed by atoms with E-state index in [0.29, 0.717) is 0 Å². The van der Waals surface area contributed by atoms with E-state index in [1.165, 1.54) is 0 Å². The molecule has 0 atom stereocenters. The van der Waals surface area contributed by atoms with Crippen LogP contribution in [0.4, 0.5) is 5.69 Å². The molecule has 0 unspecified atom stereocenters. The predicted octanol–water partition coefficient (Wildman–Crippen LogP) is 1.97. The Kier molecular flexibility index (Phi) is 3.55. The van der Waals surface area contributed by atoms with Crippen molar-refractivity contribution in [3.63, 3.8) is 0 Å². The first-order valence-corrected chi connectivity index (χ1v) is 4.65. The van der Waals surface area contributed by atoms with Crippen LogP contribution in [0.2, 0.25) is 0 Å². The molecule has 3 heteroatoms. The van der Waals surface area contributed by atoms with E-state index in [1.54, 1.807) is 0 Å². The Morgan fingerprint density at radius 3 is 3.00 bits per heavy atom. The Bertz CT molecular complexity index is 286. The quantitative estimate of drug-likeness (QED) is 0.716. The fraction of sp³-hybridized carbons (Fsp3) is 0.500. The van der Waals surface area contributed by atoms with Crippen LogP contribution in [0.15, 0.2) is 18.3 Å². The van der Waals surface area contributed by atoms with Crippen LogP contribution in [-0.4, -0.2) is 16.3 Å². The minimum Gasteiger partial charge on any atom is -0.379 e. The number of anilines is 1. The molecule has 0 aliphatic rings. The smallest absolute Gasteiger partial charge is 0.0853 e. The van der Waals surface area contributed by atoms with Gasteiger partial charge < -0.3 is 5.32 Å². The highest BCUT2D eigenvalue weighted by Gasteiger charge is 2.02. The molecule has 3 nitrogen and oxygen atoms in total. The van der Waals surface area contributed by atoms with Gasteiger partial charge in [0.15, 0.2) is 0 Å². The highest BCUT2D eigenvalue weighted by Crippen LogP contribution is 2.12. The summed E-state index contributed by atoms with van der Waals surface area (Å²) in [5, 5.41) is 7.65. The van der Waals surface area contributed by atoms with Crippen molar-refractivity contribution in [3.8, 4) is 0 Å². The van der Waals surface area contributed by atoms with Crippen molar-refractivity contribution in [1.82, 2.24) is 9.78 Å². The van der Waals surface area contributed by atoms with Crippen molar-refractivity contribution in [2.24, 2.45) is 7.05 Å². The molecule has 0 radical (unpaired) electrons. The number of hydrogen-bond acceptors (Lipinski definition) is 2. The van der Waals surface area contributed by atoms with E-state index >= 15 is 0 Å². The third-order valence-electron chi connectivity index (χ3n) is 1.89. The molecule has 1 rings (SSSR count). The molecule has 0 aliphatic carbocycles. The van der Waals surface area contributed by atoms with Crippen LogP contribution in [0, 0.1) is 0 Å². The number of hydrogen-bond donors (Lipinski definition) is 1. The summed E-state index contributed by atoms with van der Waals surface area (Å²) in [4.78, 5) is 0. The predicted molar refractivity (Wildman–Crippen MR) is 55.9 cm³/mol. The van der Waals surface area contributed by atoms with Gasteiger partial charge in [0.25, 0.3) is 0 Å². The number of rotatable bonds is 4. The molecule has 13 heavy (non-hydrogen) atoms. The van der Waals surface area contributed by atoms with Gasteiger partial charge in [-0.1, -0.05) is 19.1 Å². The summed E-state index contributed by atoms with van der Waals surface area (Å²) in [6.07, 6.45) is 7.11. The molecule has 1 heterocycles. The molecule has 0 saturated heterocycles. The highest BCUT2D eigenvalue weighted by molar-refractivity contribution is 5.46. The van der Waals surface area contributed by atoms with Gasteiger partial charge in [-0.2, -0.15) is 5.10 Å². The Balaban J connectivity index is 2.63. The van der Waals surface area contributed by atoms with Crippen molar-refractivity contribution in [2.75, 3.05) is 11.9 Å².